The fourth-order valence-electron chi connectivity index (χ4n) is 0.0955. The quantitative estimate of drug-likeness (QED) is 0.408. The van der Waals surface area contributed by atoms with Gasteiger partial charge in [0.05, 0.1) is 4.91 Å². The van der Waals surface area contributed by atoms with Crippen LogP contribution in [0.15, 0.2) is 0 Å². The first-order chi connectivity index (χ1) is 4.04. The number of hydrogen-bond donors (Lipinski definition) is 1. The Kier molecular flexibility index (Phi) is 2.06. The van der Waals surface area contributed by atoms with Crippen LogP contribution in [-0.2, 0) is 4.94 Å². The number of nitrogens with zero attached hydrogens (tertiary/aromatic N) is 2. The van der Waals surface area contributed by atoms with Crippen LogP contribution in [0.5, 0.6) is 0 Å². The lowest BCUT2D eigenvalue weighted by Gasteiger charge is -1.74. The largest absolute Gasteiger partial charge is 0.688 e. The summed E-state index contributed by atoms with van der Waals surface area (Å²) in [5.74, 6) is 0. The maximum absolute atomic E-state index is 9.61. The number of rotatable bonds is 2. The van der Waals surface area contributed by atoms with Gasteiger partial charge in [-0.2, -0.15) is 4.79 Å². The Morgan fingerprint density at radius 1 is 1.56 bits per heavy atom. The van der Waals surface area contributed by atoms with Crippen LogP contribution < -0.4 is 0 Å². The Morgan fingerprint density at radius 2 is 2.00 bits per heavy atom. The summed E-state index contributed by atoms with van der Waals surface area (Å²) in [7, 11) is 0. The Morgan fingerprint density at radius 3 is 2.11 bits per heavy atom. The van der Waals surface area contributed by atoms with Crippen molar-refractivity contribution < 1.29 is 24.8 Å². The standard InChI is InChI=1S/CN2O6/c4-1(5)2(6)9-3(7)8/p+1. The fraction of sp³-hybridized carbons (Fsp3) is 0. The minimum Gasteiger partial charge on any atom is -0.421 e. The van der Waals surface area contributed by atoms with E-state index < -0.39 is 16.1 Å². The maximum Gasteiger partial charge on any atom is 0.688 e. The highest BCUT2D eigenvalue weighted by Crippen LogP contribution is 1.77. The fourth-order valence-corrected chi connectivity index (χ4v) is 0.0955. The summed E-state index contributed by atoms with van der Waals surface area (Å²) < 4.78 is 0. The van der Waals surface area contributed by atoms with Gasteiger partial charge in [-0.25, -0.2) is 0 Å². The number of amides is 1. The van der Waals surface area contributed by atoms with Gasteiger partial charge in [0.15, 0.2) is 0 Å². The highest BCUT2D eigenvalue weighted by atomic mass is 17.1. The molecular weight excluding hydrogens is 136 g/mol. The molecule has 0 bridgehead atoms. The molecule has 8 nitrogen and oxygen atoms in total. The molecule has 0 rings (SSSR count). The van der Waals surface area contributed by atoms with Crippen molar-refractivity contribution in [2.45, 2.75) is 0 Å². The van der Waals surface area contributed by atoms with E-state index in [9.17, 15) is 19.8 Å². The summed E-state index contributed by atoms with van der Waals surface area (Å²) in [4.78, 5) is 30.0. The SMILES string of the molecule is O=C(O)[N+](=O)O[N+](=O)[O-]. The van der Waals surface area contributed by atoms with Gasteiger partial charge in [-0.05, 0) is 0 Å². The Labute approximate surface area is 47.3 Å². The van der Waals surface area contributed by atoms with Crippen LogP contribution in [0.4, 0.5) is 4.79 Å². The molecule has 0 unspecified atom stereocenters. The molecule has 0 heterocycles. The van der Waals surface area contributed by atoms with Crippen LogP contribution in [0.25, 0.3) is 0 Å². The molecule has 9 heavy (non-hydrogen) atoms. The number of carbonyl (C=O) groups is 1. The second kappa shape index (κ2) is 2.55. The third-order valence-corrected chi connectivity index (χ3v) is 0.297. The molecule has 0 aromatic carbocycles. The van der Waals surface area contributed by atoms with Gasteiger partial charge < -0.3 is 5.11 Å². The van der Waals surface area contributed by atoms with Gasteiger partial charge in [-0.1, -0.05) is 0 Å². The van der Waals surface area contributed by atoms with Crippen LogP contribution in [-0.4, -0.2) is 21.2 Å². The molecule has 0 aliphatic rings. The first-order valence-corrected chi connectivity index (χ1v) is 1.56. The molecule has 0 atom stereocenters. The van der Waals surface area contributed by atoms with Crippen LogP contribution in [0.2, 0.25) is 0 Å². The molecule has 0 spiro atoms. The van der Waals surface area contributed by atoms with Gasteiger partial charge in [-0.15, -0.1) is 10.1 Å². The first kappa shape index (κ1) is 7.27. The van der Waals surface area contributed by atoms with Crippen LogP contribution in [0.1, 0.15) is 0 Å². The van der Waals surface area contributed by atoms with Gasteiger partial charge in [0.25, 0.3) is 0 Å². The summed E-state index contributed by atoms with van der Waals surface area (Å²) in [5, 5.41) is 15.3. The van der Waals surface area contributed by atoms with Gasteiger partial charge in [0.2, 0.25) is 0 Å². The molecule has 0 radical (unpaired) electrons. The molecule has 1 amide bonds. The molecule has 0 aliphatic carbocycles. The van der Waals surface area contributed by atoms with E-state index in [-0.39, 0.29) is 0 Å². The number of carboxylic acid groups (broad SMARTS) is 1. The van der Waals surface area contributed by atoms with Gasteiger partial charge in [0, 0.05) is 4.94 Å². The van der Waals surface area contributed by atoms with Crippen molar-refractivity contribution in [1.82, 2.24) is 0 Å². The Bertz CT molecular complexity index is 160. The summed E-state index contributed by atoms with van der Waals surface area (Å²) >= 11 is 0. The Hall–Kier alpha value is -1.73. The predicted molar refractivity (Wildman–Crippen MR) is 19.7 cm³/mol. The summed E-state index contributed by atoms with van der Waals surface area (Å²) in [6, 6.07) is 0. The van der Waals surface area contributed by atoms with E-state index in [2.05, 4.69) is 4.94 Å². The van der Waals surface area contributed by atoms with E-state index in [0.717, 1.165) is 0 Å². The van der Waals surface area contributed by atoms with E-state index >= 15 is 0 Å². The van der Waals surface area contributed by atoms with Crippen LogP contribution in [0, 0.1) is 15.0 Å². The molecule has 8 heteroatoms. The minimum atomic E-state index is -2.08. The van der Waals surface area contributed by atoms with E-state index in [1.807, 2.05) is 0 Å². The van der Waals surface area contributed by atoms with Gasteiger partial charge >= 0.3 is 16.1 Å². The van der Waals surface area contributed by atoms with Crippen molar-refractivity contribution >= 4 is 6.09 Å². The zero-order valence-corrected chi connectivity index (χ0v) is 3.88. The van der Waals surface area contributed by atoms with Crippen molar-refractivity contribution in [2.75, 3.05) is 0 Å². The summed E-state index contributed by atoms with van der Waals surface area (Å²) in [6.07, 6.45) is -2.08. The number of hydrogen-bond acceptors (Lipinski definition) is 5. The van der Waals surface area contributed by atoms with Crippen molar-refractivity contribution in [2.24, 2.45) is 0 Å². The lowest BCUT2D eigenvalue weighted by Crippen LogP contribution is -2.19. The van der Waals surface area contributed by atoms with Crippen LogP contribution >= 0.6 is 0 Å². The second-order valence-corrected chi connectivity index (χ2v) is 0.845. The Balaban J connectivity index is 3.79. The minimum absolute atomic E-state index is 1.17. The molecule has 1 N–H and O–H groups in total. The third kappa shape index (κ3) is 2.91. The molecular formula is CHN2O6+. The molecule has 50 valence electrons. The monoisotopic (exact) mass is 137 g/mol. The predicted octanol–water partition coefficient (Wildman–Crippen LogP) is -0.433. The van der Waals surface area contributed by atoms with E-state index in [0.29, 0.717) is 0 Å². The summed E-state index contributed by atoms with van der Waals surface area (Å²) in [5.41, 5.74) is 0. The second-order valence-electron chi connectivity index (χ2n) is 0.845. The zero-order valence-electron chi connectivity index (χ0n) is 3.88. The smallest absolute Gasteiger partial charge is 0.421 e. The normalized spacial score (nSPS) is 8.00. The van der Waals surface area contributed by atoms with E-state index in [1.165, 1.54) is 0 Å². The lowest BCUT2D eigenvalue weighted by molar-refractivity contribution is -1.02. The first-order valence-electron chi connectivity index (χ1n) is 1.56. The van der Waals surface area contributed by atoms with E-state index in [4.69, 9.17) is 5.11 Å². The van der Waals surface area contributed by atoms with Gasteiger partial charge in [-0.3, -0.25) is 0 Å². The van der Waals surface area contributed by atoms with Crippen molar-refractivity contribution in [1.29, 1.82) is 0 Å². The average molecular weight is 137 g/mol. The highest BCUT2D eigenvalue weighted by molar-refractivity contribution is 5.53. The molecule has 0 aromatic heterocycles. The van der Waals surface area contributed by atoms with E-state index in [1.54, 1.807) is 0 Å². The average Bonchev–Trinajstić information content (AvgIpc) is 1.63. The molecule has 0 saturated carbocycles. The zero-order chi connectivity index (χ0) is 7.44. The van der Waals surface area contributed by atoms with Gasteiger partial charge in [0.1, 0.15) is 0 Å². The van der Waals surface area contributed by atoms with Crippen LogP contribution in [0.3, 0.4) is 0 Å². The molecule has 0 saturated heterocycles. The van der Waals surface area contributed by atoms with Crippen molar-refractivity contribution in [3.05, 3.63) is 15.0 Å². The third-order valence-electron chi connectivity index (χ3n) is 0.297. The molecule has 0 fully saturated rings. The van der Waals surface area contributed by atoms with Crippen molar-refractivity contribution in [3.63, 3.8) is 0 Å². The van der Waals surface area contributed by atoms with Crippen molar-refractivity contribution in [3.8, 4) is 0 Å². The topological polar surface area (TPSA) is 110 Å². The lowest BCUT2D eigenvalue weighted by atomic mass is 11.3. The molecule has 0 aliphatic heterocycles. The molecule has 0 aromatic rings. The summed E-state index contributed by atoms with van der Waals surface area (Å²) in [6.45, 7) is 0. The highest BCUT2D eigenvalue weighted by Gasteiger charge is 2.27. The maximum atomic E-state index is 9.61.